The molecule has 0 spiro atoms. The van der Waals surface area contributed by atoms with Crippen LogP contribution in [0.2, 0.25) is 0 Å². The Morgan fingerprint density at radius 3 is 2.11 bits per heavy atom. The predicted octanol–water partition coefficient (Wildman–Crippen LogP) is 6.62. The average molecular weight is 601 g/mol. The van der Waals surface area contributed by atoms with E-state index in [9.17, 15) is 22.8 Å². The molecule has 4 aromatic carbocycles. The average Bonchev–Trinajstić information content (AvgIpc) is 3.05. The maximum atomic E-state index is 13.2. The molecule has 1 aliphatic rings. The lowest BCUT2D eigenvalue weighted by Crippen LogP contribution is -2.45. The fraction of sp³-hybridized carbons (Fsp3) is 0.257. The van der Waals surface area contributed by atoms with Gasteiger partial charge in [0.1, 0.15) is 6.04 Å². The van der Waals surface area contributed by atoms with E-state index in [2.05, 4.69) is 15.5 Å². The summed E-state index contributed by atoms with van der Waals surface area (Å²) in [6.45, 7) is 2.35. The first kappa shape index (κ1) is 31.0. The molecule has 2 amide bonds. The predicted molar refractivity (Wildman–Crippen MR) is 166 cm³/mol. The summed E-state index contributed by atoms with van der Waals surface area (Å²) in [7, 11) is 0. The van der Waals surface area contributed by atoms with Crippen molar-refractivity contribution in [1.82, 2.24) is 10.2 Å². The maximum Gasteiger partial charge on any atom is 0.416 e. The molecule has 228 valence electrons. The number of halogens is 3. The molecule has 4 aromatic rings. The number of hydrogen-bond donors (Lipinski definition) is 3. The third-order valence-electron chi connectivity index (χ3n) is 8.04. The molecule has 44 heavy (non-hydrogen) atoms. The van der Waals surface area contributed by atoms with Gasteiger partial charge in [0.2, 0.25) is 5.91 Å². The largest absolute Gasteiger partial charge is 0.416 e. The Hall–Kier alpha value is -4.47. The highest BCUT2D eigenvalue weighted by Gasteiger charge is 2.32. The van der Waals surface area contributed by atoms with E-state index in [1.807, 2.05) is 54.6 Å². The van der Waals surface area contributed by atoms with Crippen LogP contribution in [-0.4, -0.2) is 42.9 Å². The summed E-state index contributed by atoms with van der Waals surface area (Å²) in [6.07, 6.45) is -2.65. The van der Waals surface area contributed by atoms with Gasteiger partial charge in [-0.1, -0.05) is 72.8 Å². The molecule has 6 nitrogen and oxygen atoms in total. The van der Waals surface area contributed by atoms with Gasteiger partial charge < -0.3 is 16.4 Å². The molecule has 0 aromatic heterocycles. The SMILES string of the molecule is NCCNC(=O)C(c1ccccc1)N1CCC(c2ccc(NC(=O)c3ccccc3-c3ccc(C(F)(F)F)cc3)cc2)CC1. The number of carbonyl (C=O) groups is 2. The minimum Gasteiger partial charge on any atom is -0.353 e. The number of nitrogens with two attached hydrogens (primary N) is 1. The van der Waals surface area contributed by atoms with Crippen LogP contribution in [0.4, 0.5) is 18.9 Å². The Bertz CT molecular complexity index is 1550. The number of alkyl halides is 3. The van der Waals surface area contributed by atoms with Crippen LogP contribution in [0.1, 0.15) is 51.8 Å². The van der Waals surface area contributed by atoms with Crippen LogP contribution >= 0.6 is 0 Å². The van der Waals surface area contributed by atoms with Crippen molar-refractivity contribution in [3.05, 3.63) is 125 Å². The van der Waals surface area contributed by atoms with Crippen molar-refractivity contribution in [2.24, 2.45) is 5.73 Å². The van der Waals surface area contributed by atoms with Crippen LogP contribution in [0.5, 0.6) is 0 Å². The van der Waals surface area contributed by atoms with Gasteiger partial charge >= 0.3 is 6.18 Å². The van der Waals surface area contributed by atoms with E-state index in [-0.39, 0.29) is 17.9 Å². The molecule has 4 N–H and O–H groups in total. The molecule has 0 saturated carbocycles. The van der Waals surface area contributed by atoms with E-state index in [0.717, 1.165) is 49.2 Å². The van der Waals surface area contributed by atoms with Gasteiger partial charge in [-0.2, -0.15) is 13.2 Å². The first-order chi connectivity index (χ1) is 21.2. The Morgan fingerprint density at radius 1 is 0.841 bits per heavy atom. The Morgan fingerprint density at radius 2 is 1.48 bits per heavy atom. The quantitative estimate of drug-likeness (QED) is 0.202. The standard InChI is InChI=1S/C35H35F3N4O2/c36-35(37,38)28-14-10-26(11-15-28)30-8-4-5-9-31(30)33(43)41-29-16-12-24(13-17-29)25-18-22-42(23-19-25)32(34(44)40-21-20-39)27-6-2-1-3-7-27/h1-17,25,32H,18-23,39H2,(H,40,44)(H,41,43). The van der Waals surface area contributed by atoms with Crippen molar-refractivity contribution in [3.63, 3.8) is 0 Å². The lowest BCUT2D eigenvalue weighted by molar-refractivity contribution is -0.137. The number of carbonyl (C=O) groups excluding carboxylic acids is 2. The summed E-state index contributed by atoms with van der Waals surface area (Å²) in [4.78, 5) is 28.5. The highest BCUT2D eigenvalue weighted by Crippen LogP contribution is 2.34. The normalized spacial score (nSPS) is 15.0. The van der Waals surface area contributed by atoms with Crippen LogP contribution < -0.4 is 16.4 Å². The molecular formula is C35H35F3N4O2. The molecule has 0 bridgehead atoms. The monoisotopic (exact) mass is 600 g/mol. The van der Waals surface area contributed by atoms with Crippen LogP contribution in [0.15, 0.2) is 103 Å². The van der Waals surface area contributed by atoms with E-state index in [0.29, 0.717) is 41.4 Å². The van der Waals surface area contributed by atoms with Gasteiger partial charge in [-0.3, -0.25) is 14.5 Å². The number of piperidine rings is 1. The fourth-order valence-corrected chi connectivity index (χ4v) is 5.76. The first-order valence-corrected chi connectivity index (χ1v) is 14.7. The molecular weight excluding hydrogens is 565 g/mol. The van der Waals surface area contributed by atoms with E-state index in [1.54, 1.807) is 24.3 Å². The Balaban J connectivity index is 1.23. The number of nitrogens with zero attached hydrogens (tertiary/aromatic N) is 1. The third-order valence-corrected chi connectivity index (χ3v) is 8.04. The lowest BCUT2D eigenvalue weighted by Gasteiger charge is -2.37. The summed E-state index contributed by atoms with van der Waals surface area (Å²) in [5.74, 6) is -0.0681. The third kappa shape index (κ3) is 7.35. The molecule has 5 rings (SSSR count). The summed E-state index contributed by atoms with van der Waals surface area (Å²) in [5.41, 5.74) is 9.06. The minimum atomic E-state index is -4.43. The number of rotatable bonds is 9. The van der Waals surface area contributed by atoms with Crippen LogP contribution in [0.25, 0.3) is 11.1 Å². The van der Waals surface area contributed by atoms with Crippen molar-refractivity contribution in [1.29, 1.82) is 0 Å². The summed E-state index contributed by atoms with van der Waals surface area (Å²) in [6, 6.07) is 28.8. The maximum absolute atomic E-state index is 13.2. The summed E-state index contributed by atoms with van der Waals surface area (Å²) in [5, 5.41) is 5.87. The highest BCUT2D eigenvalue weighted by molar-refractivity contribution is 6.08. The molecule has 1 fully saturated rings. The van der Waals surface area contributed by atoms with E-state index < -0.39 is 11.7 Å². The number of nitrogens with one attached hydrogen (secondary N) is 2. The zero-order valence-electron chi connectivity index (χ0n) is 24.2. The number of benzene rings is 4. The number of anilines is 1. The highest BCUT2D eigenvalue weighted by atomic mass is 19.4. The van der Waals surface area contributed by atoms with Crippen molar-refractivity contribution >= 4 is 17.5 Å². The molecule has 1 aliphatic heterocycles. The van der Waals surface area contributed by atoms with Gasteiger partial charge in [0, 0.05) is 24.3 Å². The van der Waals surface area contributed by atoms with Gasteiger partial charge in [0.05, 0.1) is 5.56 Å². The van der Waals surface area contributed by atoms with Gasteiger partial charge in [0.25, 0.3) is 5.91 Å². The van der Waals surface area contributed by atoms with Crippen LogP contribution in [-0.2, 0) is 11.0 Å². The lowest BCUT2D eigenvalue weighted by atomic mass is 9.88. The second-order valence-corrected chi connectivity index (χ2v) is 10.9. The fourth-order valence-electron chi connectivity index (χ4n) is 5.76. The molecule has 1 atom stereocenters. The van der Waals surface area contributed by atoms with E-state index in [4.69, 9.17) is 5.73 Å². The number of amides is 2. The Labute approximate surface area is 255 Å². The first-order valence-electron chi connectivity index (χ1n) is 14.7. The van der Waals surface area contributed by atoms with Gasteiger partial charge in [-0.15, -0.1) is 0 Å². The molecule has 1 heterocycles. The van der Waals surface area contributed by atoms with Crippen molar-refractivity contribution in [2.75, 3.05) is 31.5 Å². The van der Waals surface area contributed by atoms with Crippen molar-refractivity contribution in [3.8, 4) is 11.1 Å². The molecule has 1 saturated heterocycles. The molecule has 9 heteroatoms. The molecule has 1 unspecified atom stereocenters. The van der Waals surface area contributed by atoms with Crippen LogP contribution in [0, 0.1) is 0 Å². The molecule has 0 aliphatic carbocycles. The van der Waals surface area contributed by atoms with E-state index >= 15 is 0 Å². The summed E-state index contributed by atoms with van der Waals surface area (Å²) < 4.78 is 39.0. The van der Waals surface area contributed by atoms with Gasteiger partial charge in [0.15, 0.2) is 0 Å². The van der Waals surface area contributed by atoms with Gasteiger partial charge in [-0.25, -0.2) is 0 Å². The number of hydrogen-bond acceptors (Lipinski definition) is 4. The smallest absolute Gasteiger partial charge is 0.353 e. The van der Waals surface area contributed by atoms with Crippen molar-refractivity contribution < 1.29 is 22.8 Å². The Kier molecular flexibility index (Phi) is 9.77. The zero-order valence-corrected chi connectivity index (χ0v) is 24.2. The zero-order chi connectivity index (χ0) is 31.1. The number of likely N-dealkylation sites (tertiary alicyclic amines) is 1. The second-order valence-electron chi connectivity index (χ2n) is 10.9. The van der Waals surface area contributed by atoms with Crippen LogP contribution in [0.3, 0.4) is 0 Å². The van der Waals surface area contributed by atoms with Crippen molar-refractivity contribution in [2.45, 2.75) is 31.0 Å². The van der Waals surface area contributed by atoms with E-state index in [1.165, 1.54) is 12.1 Å². The van der Waals surface area contributed by atoms with Gasteiger partial charge in [-0.05, 0) is 84.4 Å². The molecule has 0 radical (unpaired) electrons. The minimum absolute atomic E-state index is 0.0416. The second kappa shape index (κ2) is 13.9. The topological polar surface area (TPSA) is 87.5 Å². The summed E-state index contributed by atoms with van der Waals surface area (Å²) >= 11 is 0.